The van der Waals surface area contributed by atoms with Crippen LogP contribution >= 0.6 is 11.3 Å². The van der Waals surface area contributed by atoms with E-state index in [1.54, 1.807) is 11.3 Å². The summed E-state index contributed by atoms with van der Waals surface area (Å²) in [4.78, 5) is 36.9. The highest BCUT2D eigenvalue weighted by Crippen LogP contribution is 2.32. The second-order valence-electron chi connectivity index (χ2n) is 22.2. The molecule has 0 radical (unpaired) electrons. The molecule has 1 aliphatic carbocycles. The molecule has 0 spiro atoms. The summed E-state index contributed by atoms with van der Waals surface area (Å²) in [6, 6.07) is 34.0. The zero-order valence-corrected chi connectivity index (χ0v) is 42.1. The van der Waals surface area contributed by atoms with Gasteiger partial charge >= 0.3 is 0 Å². The van der Waals surface area contributed by atoms with Crippen LogP contribution in [0.4, 0.5) is 0 Å². The Bertz CT molecular complexity index is 3430. The molecule has 67 heavy (non-hydrogen) atoms. The molecule has 9 nitrogen and oxygen atoms in total. The minimum Gasteiger partial charge on any atom is -0.342 e. The van der Waals surface area contributed by atoms with E-state index in [0.717, 1.165) is 67.4 Å². The van der Waals surface area contributed by atoms with E-state index >= 15 is 0 Å². The molecule has 5 heterocycles. The van der Waals surface area contributed by atoms with Crippen LogP contribution < -0.4 is 0 Å². The molecule has 0 atom stereocenters. The number of nitrogens with one attached hydrogen (secondary N) is 4. The second-order valence-corrected chi connectivity index (χ2v) is 23.1. The molecule has 0 unspecified atom stereocenters. The van der Waals surface area contributed by atoms with Crippen molar-refractivity contribution in [1.29, 1.82) is 0 Å². The number of benzene rings is 6. The van der Waals surface area contributed by atoms with Crippen LogP contribution in [0.2, 0.25) is 0 Å². The summed E-state index contributed by atoms with van der Waals surface area (Å²) in [5.41, 5.74) is 15.0. The molecule has 0 saturated heterocycles. The third-order valence-electron chi connectivity index (χ3n) is 12.5. The molecule has 1 aliphatic rings. The average Bonchev–Trinajstić information content (AvgIpc) is 4.13. The third kappa shape index (κ3) is 9.73. The number of rotatable bonds is 0. The van der Waals surface area contributed by atoms with Crippen LogP contribution in [-0.4, -0.2) is 44.9 Å². The zero-order chi connectivity index (χ0) is 47.5. The summed E-state index contributed by atoms with van der Waals surface area (Å²) in [6.07, 6.45) is 5.12. The Morgan fingerprint density at radius 3 is 1.49 bits per heavy atom. The van der Waals surface area contributed by atoms with Crippen LogP contribution in [0.5, 0.6) is 0 Å². The lowest BCUT2D eigenvalue weighted by Gasteiger charge is -2.14. The molecule has 0 amide bonds. The van der Waals surface area contributed by atoms with Gasteiger partial charge in [-0.05, 0) is 95.4 Å². The molecule has 12 rings (SSSR count). The fraction of sp³-hybridized carbons (Fsp3) is 0.351. The maximum absolute atomic E-state index is 4.76. The number of aryl methyl sites for hydroxylation is 2. The van der Waals surface area contributed by atoms with Crippen molar-refractivity contribution in [1.82, 2.24) is 44.9 Å². The molecule has 0 bridgehead atoms. The van der Waals surface area contributed by atoms with Crippen LogP contribution in [-0.2, 0) is 34.5 Å². The number of fused-ring (bicyclic) bond motifs is 10. The van der Waals surface area contributed by atoms with Crippen molar-refractivity contribution >= 4 is 87.2 Å². The van der Waals surface area contributed by atoms with Crippen LogP contribution in [0.1, 0.15) is 130 Å². The molecule has 4 N–H and O–H groups in total. The third-order valence-corrected chi connectivity index (χ3v) is 13.3. The molecule has 0 saturated carbocycles. The minimum atomic E-state index is 0.0516. The quantitative estimate of drug-likeness (QED) is 0.120. The van der Waals surface area contributed by atoms with E-state index in [1.807, 2.05) is 11.6 Å². The fourth-order valence-corrected chi connectivity index (χ4v) is 9.28. The number of hydrogen-bond acceptors (Lipinski definition) is 6. The van der Waals surface area contributed by atoms with Crippen molar-refractivity contribution in [3.05, 3.63) is 137 Å². The normalized spacial score (nSPS) is 13.4. The van der Waals surface area contributed by atoms with Gasteiger partial charge in [-0.1, -0.05) is 138 Å². The van der Waals surface area contributed by atoms with Crippen LogP contribution in [0.25, 0.3) is 75.9 Å². The van der Waals surface area contributed by atoms with E-state index in [1.165, 1.54) is 68.6 Å². The number of nitrogens with zero attached hydrogens (tertiary/aromatic N) is 5. The zero-order valence-electron chi connectivity index (χ0n) is 41.3. The van der Waals surface area contributed by atoms with Gasteiger partial charge in [-0.15, -0.1) is 11.3 Å². The SMILES string of the molecule is CC(C)(C)c1nc2c(ccc3ccccc32)[nH]1.CC(C)(C)c1nc2c(ccc3ncsc32)[nH]1.CC(C)(C)c1nc2cc3c(cc2[nH]1)CCCC3.CC(C)(C)c1nc2cc3ccccc3cc2[nH]1. The van der Waals surface area contributed by atoms with Gasteiger partial charge in [0.05, 0.1) is 54.3 Å². The predicted octanol–water partition coefficient (Wildman–Crippen LogP) is 15.2. The Morgan fingerprint density at radius 2 is 0.881 bits per heavy atom. The van der Waals surface area contributed by atoms with E-state index < -0.39 is 0 Å². The van der Waals surface area contributed by atoms with E-state index in [-0.39, 0.29) is 21.7 Å². The van der Waals surface area contributed by atoms with E-state index in [9.17, 15) is 0 Å². The highest BCUT2D eigenvalue weighted by atomic mass is 32.1. The number of H-pyrrole nitrogens is 4. The topological polar surface area (TPSA) is 128 Å². The Balaban J connectivity index is 0.000000112. The first kappa shape index (κ1) is 45.8. The number of aromatic amines is 4. The van der Waals surface area contributed by atoms with Crippen LogP contribution in [0.15, 0.2) is 103 Å². The molecule has 11 aromatic rings. The van der Waals surface area contributed by atoms with Gasteiger partial charge < -0.3 is 19.9 Å². The standard InChI is InChI=1S/C15H20N2.2C15H16N2.C12H13N3S/c2*1-15(2,3)14-16-12-8-10-6-4-5-7-11(10)9-13(12)17-14;1-15(2,3)14-16-12-9-8-10-6-4-5-7-11(10)13(12)17-14;1-12(2,3)11-14-7-4-5-8-10(9(7)15-11)16-6-13-8/h8-9H,4-7H2,1-3H3,(H,16,17);2*4-9H,1-3H3,(H,16,17);4-6H,1-3H3,(H,14,15). The first-order valence-corrected chi connectivity index (χ1v) is 24.6. The number of imidazole rings is 4. The van der Waals surface area contributed by atoms with E-state index in [2.05, 4.69) is 204 Å². The van der Waals surface area contributed by atoms with Crippen molar-refractivity contribution in [3.8, 4) is 0 Å². The largest absolute Gasteiger partial charge is 0.342 e. The Kier molecular flexibility index (Phi) is 11.9. The first-order chi connectivity index (χ1) is 31.7. The van der Waals surface area contributed by atoms with Gasteiger partial charge in [0.1, 0.15) is 28.8 Å². The lowest BCUT2D eigenvalue weighted by atomic mass is 9.91. The predicted molar refractivity (Wildman–Crippen MR) is 284 cm³/mol. The van der Waals surface area contributed by atoms with Crippen LogP contribution in [0, 0.1) is 0 Å². The summed E-state index contributed by atoms with van der Waals surface area (Å²) in [6.45, 7) is 26.1. The van der Waals surface area contributed by atoms with Gasteiger partial charge in [0.2, 0.25) is 0 Å². The van der Waals surface area contributed by atoms with Gasteiger partial charge in [-0.25, -0.2) is 24.9 Å². The summed E-state index contributed by atoms with van der Waals surface area (Å²) in [7, 11) is 0. The van der Waals surface area contributed by atoms with Gasteiger partial charge in [0, 0.05) is 27.0 Å². The van der Waals surface area contributed by atoms with Crippen molar-refractivity contribution in [2.45, 2.75) is 130 Å². The van der Waals surface area contributed by atoms with Crippen molar-refractivity contribution < 1.29 is 0 Å². The monoisotopic (exact) mass is 908 g/mol. The molecular formula is C57H65N9S. The summed E-state index contributed by atoms with van der Waals surface area (Å²) in [5, 5.41) is 4.96. The maximum Gasteiger partial charge on any atom is 0.112 e. The van der Waals surface area contributed by atoms with Crippen molar-refractivity contribution in [2.75, 3.05) is 0 Å². The summed E-state index contributed by atoms with van der Waals surface area (Å²) in [5.74, 6) is 4.21. The Hall–Kier alpha value is -6.39. The van der Waals surface area contributed by atoms with E-state index in [0.29, 0.717) is 0 Å². The van der Waals surface area contributed by atoms with Crippen molar-refractivity contribution in [2.24, 2.45) is 0 Å². The summed E-state index contributed by atoms with van der Waals surface area (Å²) < 4.78 is 1.17. The molecule has 6 aromatic carbocycles. The lowest BCUT2D eigenvalue weighted by molar-refractivity contribution is 0.554. The van der Waals surface area contributed by atoms with Gasteiger partial charge in [-0.3, -0.25) is 0 Å². The maximum atomic E-state index is 4.76. The Morgan fingerprint density at radius 1 is 0.418 bits per heavy atom. The summed E-state index contributed by atoms with van der Waals surface area (Å²) >= 11 is 1.65. The average molecular weight is 908 g/mol. The molecule has 10 heteroatoms. The Labute approximate surface area is 397 Å². The second kappa shape index (κ2) is 17.4. The lowest BCUT2D eigenvalue weighted by Crippen LogP contribution is -2.12. The van der Waals surface area contributed by atoms with Gasteiger partial charge in [0.25, 0.3) is 0 Å². The highest BCUT2D eigenvalue weighted by Gasteiger charge is 2.22. The van der Waals surface area contributed by atoms with Crippen LogP contribution in [0.3, 0.4) is 0 Å². The fourth-order valence-electron chi connectivity index (χ4n) is 8.50. The van der Waals surface area contributed by atoms with E-state index in [4.69, 9.17) is 15.0 Å². The van der Waals surface area contributed by atoms with Gasteiger partial charge in [-0.2, -0.15) is 0 Å². The first-order valence-electron chi connectivity index (χ1n) is 23.7. The molecule has 344 valence electrons. The molecule has 5 aromatic heterocycles. The molecule has 0 aliphatic heterocycles. The minimum absolute atomic E-state index is 0.0516. The number of aromatic nitrogens is 9. The smallest absolute Gasteiger partial charge is 0.112 e. The molecule has 0 fully saturated rings. The highest BCUT2D eigenvalue weighted by molar-refractivity contribution is 7.17. The number of thiazole rings is 1. The molecular weight excluding hydrogens is 843 g/mol. The van der Waals surface area contributed by atoms with Crippen molar-refractivity contribution in [3.63, 3.8) is 0 Å². The number of hydrogen-bond donors (Lipinski definition) is 4. The van der Waals surface area contributed by atoms with Gasteiger partial charge in [0.15, 0.2) is 0 Å².